The van der Waals surface area contributed by atoms with Crippen LogP contribution < -0.4 is 9.47 Å². The summed E-state index contributed by atoms with van der Waals surface area (Å²) >= 11 is 0. The quantitative estimate of drug-likeness (QED) is 0.523. The molecule has 0 radical (unpaired) electrons. The van der Waals surface area contributed by atoms with E-state index in [4.69, 9.17) is 9.47 Å². The van der Waals surface area contributed by atoms with E-state index in [1.807, 2.05) is 16.8 Å². The van der Waals surface area contributed by atoms with Gasteiger partial charge in [0, 0.05) is 32.7 Å². The summed E-state index contributed by atoms with van der Waals surface area (Å²) in [6.07, 6.45) is 1.03. The molecule has 33 heavy (non-hydrogen) atoms. The van der Waals surface area contributed by atoms with E-state index in [-0.39, 0.29) is 12.8 Å². The van der Waals surface area contributed by atoms with Gasteiger partial charge in [-0.3, -0.25) is 9.80 Å². The van der Waals surface area contributed by atoms with Crippen LogP contribution in [-0.4, -0.2) is 63.0 Å². The first kappa shape index (κ1) is 21.9. The molecule has 1 saturated heterocycles. The highest BCUT2D eigenvalue weighted by molar-refractivity contribution is 5.44. The Bertz CT molecular complexity index is 1050. The van der Waals surface area contributed by atoms with E-state index in [2.05, 4.69) is 75.6 Å². The normalized spacial score (nSPS) is 17.5. The minimum atomic E-state index is 0.202. The van der Waals surface area contributed by atoms with E-state index in [1.165, 1.54) is 5.56 Å². The number of hydrogen-bond donors (Lipinski definition) is 0. The SMILES string of the molecule is CC(C)C[C@@H](c1nnnn1Cc1ccc2c(c1)OCO2)N1CCN(Cc2ccccc2)CC1. The van der Waals surface area contributed by atoms with Gasteiger partial charge in [0.15, 0.2) is 17.3 Å². The molecule has 8 heteroatoms. The number of ether oxygens (including phenoxy) is 2. The van der Waals surface area contributed by atoms with E-state index in [9.17, 15) is 0 Å². The maximum absolute atomic E-state index is 5.54. The Kier molecular flexibility index (Phi) is 6.55. The Balaban J connectivity index is 1.28. The Labute approximate surface area is 195 Å². The molecule has 3 heterocycles. The molecule has 0 aliphatic carbocycles. The van der Waals surface area contributed by atoms with Crippen molar-refractivity contribution in [3.05, 3.63) is 65.5 Å². The highest BCUT2D eigenvalue weighted by Gasteiger charge is 2.30. The fourth-order valence-electron chi connectivity index (χ4n) is 4.71. The molecule has 2 aromatic carbocycles. The van der Waals surface area contributed by atoms with Gasteiger partial charge in [-0.1, -0.05) is 50.2 Å². The third-order valence-electron chi connectivity index (χ3n) is 6.42. The van der Waals surface area contributed by atoms with Crippen LogP contribution in [-0.2, 0) is 13.1 Å². The molecule has 0 bridgehead atoms. The Morgan fingerprint density at radius 1 is 0.879 bits per heavy atom. The fourth-order valence-corrected chi connectivity index (χ4v) is 4.71. The molecule has 0 N–H and O–H groups in total. The summed E-state index contributed by atoms with van der Waals surface area (Å²) in [6, 6.07) is 17.0. The summed E-state index contributed by atoms with van der Waals surface area (Å²) in [5.41, 5.74) is 2.47. The highest BCUT2D eigenvalue weighted by atomic mass is 16.7. The van der Waals surface area contributed by atoms with Crippen molar-refractivity contribution in [1.82, 2.24) is 30.0 Å². The lowest BCUT2D eigenvalue weighted by atomic mass is 10.0. The number of hydrogen-bond acceptors (Lipinski definition) is 7. The molecule has 0 spiro atoms. The minimum Gasteiger partial charge on any atom is -0.454 e. The monoisotopic (exact) mass is 448 g/mol. The average Bonchev–Trinajstić information content (AvgIpc) is 3.48. The minimum absolute atomic E-state index is 0.202. The Hall–Kier alpha value is -2.97. The fraction of sp³-hybridized carbons (Fsp3) is 0.480. The largest absolute Gasteiger partial charge is 0.454 e. The number of tetrazole rings is 1. The lowest BCUT2D eigenvalue weighted by Crippen LogP contribution is -2.48. The van der Waals surface area contributed by atoms with Crippen LogP contribution in [0.2, 0.25) is 0 Å². The molecule has 0 saturated carbocycles. The van der Waals surface area contributed by atoms with Gasteiger partial charge in [-0.05, 0) is 46.0 Å². The van der Waals surface area contributed by atoms with E-state index in [1.54, 1.807) is 0 Å². The summed E-state index contributed by atoms with van der Waals surface area (Å²) in [6.45, 7) is 10.6. The van der Waals surface area contributed by atoms with Crippen LogP contribution in [0.15, 0.2) is 48.5 Å². The third-order valence-corrected chi connectivity index (χ3v) is 6.42. The first-order valence-electron chi connectivity index (χ1n) is 11.8. The molecule has 0 amide bonds. The second kappa shape index (κ2) is 9.89. The lowest BCUT2D eigenvalue weighted by Gasteiger charge is -2.39. The molecule has 1 aromatic heterocycles. The summed E-state index contributed by atoms with van der Waals surface area (Å²) in [5, 5.41) is 12.9. The summed E-state index contributed by atoms with van der Waals surface area (Å²) in [7, 11) is 0. The molecular weight excluding hydrogens is 416 g/mol. The number of nitrogens with zero attached hydrogens (tertiary/aromatic N) is 6. The predicted octanol–water partition coefficient (Wildman–Crippen LogP) is 3.36. The van der Waals surface area contributed by atoms with Crippen LogP contribution in [0.25, 0.3) is 0 Å². The Morgan fingerprint density at radius 2 is 1.67 bits per heavy atom. The van der Waals surface area contributed by atoms with E-state index >= 15 is 0 Å². The third kappa shape index (κ3) is 5.17. The van der Waals surface area contributed by atoms with Gasteiger partial charge in [0.25, 0.3) is 0 Å². The molecule has 1 fully saturated rings. The van der Waals surface area contributed by atoms with Gasteiger partial charge in [0.2, 0.25) is 6.79 Å². The van der Waals surface area contributed by atoms with Crippen LogP contribution in [0, 0.1) is 5.92 Å². The van der Waals surface area contributed by atoms with Gasteiger partial charge in [-0.15, -0.1) is 5.10 Å². The zero-order chi connectivity index (χ0) is 22.6. The summed E-state index contributed by atoms with van der Waals surface area (Å²) in [5.74, 6) is 3.07. The molecule has 174 valence electrons. The van der Waals surface area contributed by atoms with Crippen molar-refractivity contribution in [3.8, 4) is 11.5 Å². The molecule has 0 unspecified atom stereocenters. The summed E-state index contributed by atoms with van der Waals surface area (Å²) in [4.78, 5) is 5.09. The second-order valence-electron chi connectivity index (χ2n) is 9.33. The van der Waals surface area contributed by atoms with Crippen molar-refractivity contribution in [2.24, 2.45) is 5.92 Å². The van der Waals surface area contributed by atoms with Crippen LogP contribution in [0.3, 0.4) is 0 Å². The maximum Gasteiger partial charge on any atom is 0.231 e. The second-order valence-corrected chi connectivity index (χ2v) is 9.33. The van der Waals surface area contributed by atoms with Crippen molar-refractivity contribution in [2.45, 2.75) is 39.4 Å². The number of fused-ring (bicyclic) bond motifs is 1. The zero-order valence-electron chi connectivity index (χ0n) is 19.4. The smallest absolute Gasteiger partial charge is 0.231 e. The van der Waals surface area contributed by atoms with Crippen molar-refractivity contribution in [2.75, 3.05) is 33.0 Å². The van der Waals surface area contributed by atoms with Gasteiger partial charge in [0.1, 0.15) is 0 Å². The van der Waals surface area contributed by atoms with Crippen LogP contribution in [0.4, 0.5) is 0 Å². The highest BCUT2D eigenvalue weighted by Crippen LogP contribution is 2.33. The topological polar surface area (TPSA) is 68.5 Å². The molecule has 2 aliphatic heterocycles. The predicted molar refractivity (Wildman–Crippen MR) is 125 cm³/mol. The van der Waals surface area contributed by atoms with Crippen molar-refractivity contribution >= 4 is 0 Å². The van der Waals surface area contributed by atoms with Gasteiger partial charge < -0.3 is 9.47 Å². The number of rotatable bonds is 8. The average molecular weight is 449 g/mol. The molecule has 3 aromatic rings. The number of piperazine rings is 1. The van der Waals surface area contributed by atoms with Crippen LogP contribution in [0.1, 0.15) is 43.3 Å². The molecule has 8 nitrogen and oxygen atoms in total. The molecule has 2 aliphatic rings. The number of aromatic nitrogens is 4. The van der Waals surface area contributed by atoms with E-state index < -0.39 is 0 Å². The van der Waals surface area contributed by atoms with Gasteiger partial charge in [-0.2, -0.15) is 0 Å². The number of benzene rings is 2. The van der Waals surface area contributed by atoms with Crippen molar-refractivity contribution in [3.63, 3.8) is 0 Å². The van der Waals surface area contributed by atoms with Crippen molar-refractivity contribution < 1.29 is 9.47 Å². The standard InChI is InChI=1S/C25H32N6O2/c1-19(2)14-22(30-12-10-29(11-13-30)16-20-6-4-3-5-7-20)25-26-27-28-31(25)17-21-8-9-23-24(15-21)33-18-32-23/h3-9,15,19,22H,10-14,16-18H2,1-2H3/t22-/m0/s1. The van der Waals surface area contributed by atoms with Crippen molar-refractivity contribution in [1.29, 1.82) is 0 Å². The maximum atomic E-state index is 5.54. The lowest BCUT2D eigenvalue weighted by molar-refractivity contribution is 0.0770. The first-order valence-corrected chi connectivity index (χ1v) is 11.8. The molecule has 1 atom stereocenters. The van der Waals surface area contributed by atoms with E-state index in [0.29, 0.717) is 12.5 Å². The first-order chi connectivity index (χ1) is 16.2. The van der Waals surface area contributed by atoms with Crippen LogP contribution >= 0.6 is 0 Å². The summed E-state index contributed by atoms with van der Waals surface area (Å²) < 4.78 is 12.9. The van der Waals surface area contributed by atoms with Crippen LogP contribution in [0.5, 0.6) is 11.5 Å². The van der Waals surface area contributed by atoms with Gasteiger partial charge in [0.05, 0.1) is 12.6 Å². The Morgan fingerprint density at radius 3 is 2.45 bits per heavy atom. The molecular formula is C25H32N6O2. The van der Waals surface area contributed by atoms with Gasteiger partial charge >= 0.3 is 0 Å². The van der Waals surface area contributed by atoms with E-state index in [0.717, 1.165) is 62.0 Å². The zero-order valence-corrected chi connectivity index (χ0v) is 19.4. The molecule has 5 rings (SSSR count). The van der Waals surface area contributed by atoms with Gasteiger partial charge in [-0.25, -0.2) is 4.68 Å².